The van der Waals surface area contributed by atoms with Crippen LogP contribution in [0.15, 0.2) is 64.3 Å². The summed E-state index contributed by atoms with van der Waals surface area (Å²) in [5.41, 5.74) is 0.319. The molecule has 4 rings (SSSR count). The first-order valence-corrected chi connectivity index (χ1v) is 14.2. The van der Waals surface area contributed by atoms with Crippen LogP contribution in [0.1, 0.15) is 26.4 Å². The van der Waals surface area contributed by atoms with Crippen molar-refractivity contribution in [3.8, 4) is 5.69 Å². The number of carboxylic acids is 1. The molecule has 4 aromatic rings. The van der Waals surface area contributed by atoms with Crippen molar-refractivity contribution in [2.75, 3.05) is 16.4 Å². The molecule has 3 aromatic carbocycles. The third-order valence-electron chi connectivity index (χ3n) is 5.99. The summed E-state index contributed by atoms with van der Waals surface area (Å²) in [4.78, 5) is 51.2. The number of aromatic carboxylic acids is 1. The van der Waals surface area contributed by atoms with Crippen LogP contribution in [0.4, 0.5) is 11.4 Å². The molecule has 0 radical (unpaired) electrons. The van der Waals surface area contributed by atoms with Crippen molar-refractivity contribution in [3.63, 3.8) is 0 Å². The standard InChI is InChI=1S/C27H20Cl4N4O5S/c1-13-24(26(38)35(34(13)2)15-8-4-3-5-9-15)33-17(36)12-41-16-10-6-7-14(11-16)32-25(37)18-19(27(39)40)21(29)23(31)22(30)20(18)28/h3-11H,12H2,1-2H3,(H,32,37)(H,33,36)(H,39,40). The molecule has 0 saturated carbocycles. The van der Waals surface area contributed by atoms with E-state index in [0.29, 0.717) is 22.0 Å². The third kappa shape index (κ3) is 6.27. The predicted molar refractivity (Wildman–Crippen MR) is 163 cm³/mol. The number of nitrogens with zero attached hydrogens (tertiary/aromatic N) is 2. The fourth-order valence-corrected chi connectivity index (χ4v) is 5.71. The molecule has 0 unspecified atom stereocenters. The van der Waals surface area contributed by atoms with Crippen LogP contribution >= 0.6 is 58.2 Å². The predicted octanol–water partition coefficient (Wildman–Crippen LogP) is 6.78. The minimum absolute atomic E-state index is 0.0338. The maximum Gasteiger partial charge on any atom is 0.338 e. The van der Waals surface area contributed by atoms with Gasteiger partial charge in [-0.15, -0.1) is 11.8 Å². The van der Waals surface area contributed by atoms with Gasteiger partial charge < -0.3 is 15.7 Å². The van der Waals surface area contributed by atoms with Gasteiger partial charge in [-0.05, 0) is 37.3 Å². The van der Waals surface area contributed by atoms with Gasteiger partial charge in [0.15, 0.2) is 0 Å². The number of rotatable bonds is 8. The van der Waals surface area contributed by atoms with Crippen molar-refractivity contribution in [1.29, 1.82) is 0 Å². The summed E-state index contributed by atoms with van der Waals surface area (Å²) in [5.74, 6) is -2.82. The molecule has 0 atom stereocenters. The fourth-order valence-electron chi connectivity index (χ4n) is 3.94. The van der Waals surface area contributed by atoms with Gasteiger partial charge in [0.2, 0.25) is 5.91 Å². The van der Waals surface area contributed by atoms with E-state index >= 15 is 0 Å². The fraction of sp³-hybridized carbons (Fsp3) is 0.111. The number of aromatic nitrogens is 2. The number of anilines is 2. The number of hydrogen-bond acceptors (Lipinski definition) is 5. The molecule has 14 heteroatoms. The first kappa shape index (κ1) is 30.5. The summed E-state index contributed by atoms with van der Waals surface area (Å²) in [5, 5.41) is 13.5. The van der Waals surface area contributed by atoms with Gasteiger partial charge in [0.25, 0.3) is 11.5 Å². The molecule has 3 N–H and O–H groups in total. The monoisotopic (exact) mass is 652 g/mol. The average molecular weight is 654 g/mol. The number of para-hydroxylation sites is 1. The number of carboxylic acid groups (broad SMARTS) is 1. The summed E-state index contributed by atoms with van der Waals surface area (Å²) < 4.78 is 3.13. The Labute approximate surface area is 257 Å². The molecule has 1 heterocycles. The van der Waals surface area contributed by atoms with Gasteiger partial charge in [0.05, 0.1) is 48.4 Å². The number of amides is 2. The summed E-state index contributed by atoms with van der Waals surface area (Å²) in [6, 6.07) is 15.6. The molecule has 0 aliphatic heterocycles. The van der Waals surface area contributed by atoms with Crippen LogP contribution in [0.5, 0.6) is 0 Å². The van der Waals surface area contributed by atoms with Crippen LogP contribution in [0.2, 0.25) is 20.1 Å². The Kier molecular flexibility index (Phi) is 9.41. The Morgan fingerprint density at radius 2 is 1.51 bits per heavy atom. The highest BCUT2D eigenvalue weighted by molar-refractivity contribution is 8.00. The largest absolute Gasteiger partial charge is 0.478 e. The minimum Gasteiger partial charge on any atom is -0.478 e. The Balaban J connectivity index is 1.48. The highest BCUT2D eigenvalue weighted by Gasteiger charge is 2.29. The van der Waals surface area contributed by atoms with E-state index in [9.17, 15) is 24.3 Å². The minimum atomic E-state index is -1.51. The first-order valence-electron chi connectivity index (χ1n) is 11.7. The second-order valence-corrected chi connectivity index (χ2v) is 11.1. The summed E-state index contributed by atoms with van der Waals surface area (Å²) in [6.45, 7) is 1.73. The number of hydrogen-bond donors (Lipinski definition) is 3. The highest BCUT2D eigenvalue weighted by atomic mass is 35.5. The van der Waals surface area contributed by atoms with E-state index < -0.39 is 33.9 Å². The topological polar surface area (TPSA) is 122 Å². The van der Waals surface area contributed by atoms with Crippen LogP contribution in [0, 0.1) is 6.92 Å². The number of thioether (sulfide) groups is 1. The SMILES string of the molecule is Cc1c(NC(=O)CSc2cccc(NC(=O)c3c(Cl)c(Cl)c(Cl)c(Cl)c3C(=O)O)c2)c(=O)n(-c2ccccc2)n1C. The Bertz CT molecular complexity index is 1760. The van der Waals surface area contributed by atoms with Gasteiger partial charge in [-0.2, -0.15) is 0 Å². The normalized spacial score (nSPS) is 10.9. The lowest BCUT2D eigenvalue weighted by molar-refractivity contribution is -0.113. The summed E-state index contributed by atoms with van der Waals surface area (Å²) in [7, 11) is 1.73. The van der Waals surface area contributed by atoms with Gasteiger partial charge in [-0.1, -0.05) is 70.7 Å². The molecule has 0 bridgehead atoms. The zero-order valence-electron chi connectivity index (χ0n) is 21.3. The van der Waals surface area contributed by atoms with Crippen molar-refractivity contribution in [2.45, 2.75) is 11.8 Å². The molecule has 0 spiro atoms. The van der Waals surface area contributed by atoms with Gasteiger partial charge >= 0.3 is 5.97 Å². The molecule has 0 saturated heterocycles. The van der Waals surface area contributed by atoms with Crippen LogP contribution in [-0.2, 0) is 11.8 Å². The van der Waals surface area contributed by atoms with Crippen molar-refractivity contribution in [3.05, 3.63) is 102 Å². The molecule has 1 aromatic heterocycles. The number of benzene rings is 3. The lowest BCUT2D eigenvalue weighted by atomic mass is 10.1. The number of nitrogens with one attached hydrogen (secondary N) is 2. The molecule has 41 heavy (non-hydrogen) atoms. The summed E-state index contributed by atoms with van der Waals surface area (Å²) >= 11 is 25.4. The molecular weight excluding hydrogens is 634 g/mol. The van der Waals surface area contributed by atoms with E-state index in [1.165, 1.54) is 4.68 Å². The quantitative estimate of drug-likeness (QED) is 0.109. The Morgan fingerprint density at radius 1 is 0.878 bits per heavy atom. The van der Waals surface area contributed by atoms with Gasteiger partial charge in [-0.25, -0.2) is 9.48 Å². The smallest absolute Gasteiger partial charge is 0.338 e. The average Bonchev–Trinajstić information content (AvgIpc) is 3.15. The van der Waals surface area contributed by atoms with Gasteiger partial charge in [0.1, 0.15) is 5.69 Å². The molecule has 0 aliphatic rings. The molecule has 212 valence electrons. The number of carbonyl (C=O) groups excluding carboxylic acids is 2. The lowest BCUT2D eigenvalue weighted by Gasteiger charge is -2.14. The highest BCUT2D eigenvalue weighted by Crippen LogP contribution is 2.42. The van der Waals surface area contributed by atoms with E-state index in [-0.39, 0.29) is 32.1 Å². The van der Waals surface area contributed by atoms with Gasteiger partial charge in [-0.3, -0.25) is 19.1 Å². The molecule has 0 aliphatic carbocycles. The second-order valence-electron chi connectivity index (χ2n) is 8.57. The Morgan fingerprint density at radius 3 is 2.15 bits per heavy atom. The number of halogens is 4. The zero-order valence-corrected chi connectivity index (χ0v) is 25.1. The lowest BCUT2D eigenvalue weighted by Crippen LogP contribution is -2.23. The molecule has 9 nitrogen and oxygen atoms in total. The molecule has 0 fully saturated rings. The van der Waals surface area contributed by atoms with E-state index in [4.69, 9.17) is 46.4 Å². The third-order valence-corrected chi connectivity index (χ3v) is 8.78. The van der Waals surface area contributed by atoms with Crippen molar-refractivity contribution in [1.82, 2.24) is 9.36 Å². The van der Waals surface area contributed by atoms with E-state index in [1.807, 2.05) is 18.2 Å². The van der Waals surface area contributed by atoms with Crippen LogP contribution < -0.4 is 16.2 Å². The number of carbonyl (C=O) groups is 3. The van der Waals surface area contributed by atoms with Crippen LogP contribution in [-0.4, -0.2) is 38.0 Å². The van der Waals surface area contributed by atoms with Crippen molar-refractivity contribution < 1.29 is 19.5 Å². The molecule has 2 amide bonds. The van der Waals surface area contributed by atoms with Crippen molar-refractivity contribution in [2.24, 2.45) is 7.05 Å². The molecular formula is C27H20Cl4N4O5S. The maximum atomic E-state index is 13.0. The zero-order chi connectivity index (χ0) is 30.0. The van der Waals surface area contributed by atoms with E-state index in [2.05, 4.69) is 10.6 Å². The van der Waals surface area contributed by atoms with Gasteiger partial charge in [0, 0.05) is 17.6 Å². The maximum absolute atomic E-state index is 13.0. The van der Waals surface area contributed by atoms with E-state index in [0.717, 1.165) is 11.8 Å². The second kappa shape index (κ2) is 12.6. The van der Waals surface area contributed by atoms with E-state index in [1.54, 1.807) is 55.1 Å². The first-order chi connectivity index (χ1) is 19.4. The van der Waals surface area contributed by atoms with Crippen LogP contribution in [0.25, 0.3) is 5.69 Å². The van der Waals surface area contributed by atoms with Crippen LogP contribution in [0.3, 0.4) is 0 Å². The Hall–Kier alpha value is -3.41. The van der Waals surface area contributed by atoms with Crippen molar-refractivity contribution >= 4 is 87.3 Å². The summed E-state index contributed by atoms with van der Waals surface area (Å²) in [6.07, 6.45) is 0.